The second-order valence-electron chi connectivity index (χ2n) is 7.76. The standard InChI is InChI=1S/C20H17BrFN5O4/c1-20(2,29)19-26-16(21)15(31-19)18(28)27-7-6-10-12(24-8-23-10)13(27)17-25-11-5-3-4-9(22)14(11)30-17/h3-5,8,13,29H,6-7H2,1-2H3,(H,23,24)/t13-/m0/s1. The first-order valence-electron chi connectivity index (χ1n) is 9.51. The molecule has 4 aromatic rings. The van der Waals surface area contributed by atoms with Crippen molar-refractivity contribution < 1.29 is 23.1 Å². The number of benzene rings is 1. The Morgan fingerprint density at radius 2 is 2.16 bits per heavy atom. The Bertz CT molecular complexity index is 1300. The van der Waals surface area contributed by atoms with Crippen LogP contribution in [0.2, 0.25) is 0 Å². The molecule has 0 fully saturated rings. The number of para-hydroxylation sites is 1. The molecule has 0 unspecified atom stereocenters. The first kappa shape index (κ1) is 19.9. The highest BCUT2D eigenvalue weighted by atomic mass is 79.9. The van der Waals surface area contributed by atoms with Gasteiger partial charge in [0.25, 0.3) is 5.91 Å². The monoisotopic (exact) mass is 489 g/mol. The van der Waals surface area contributed by atoms with Crippen molar-refractivity contribution >= 4 is 32.9 Å². The van der Waals surface area contributed by atoms with E-state index < -0.39 is 23.4 Å². The molecule has 3 aromatic heterocycles. The largest absolute Gasteiger partial charge is 0.435 e. The van der Waals surface area contributed by atoms with Crippen molar-refractivity contribution in [3.8, 4) is 0 Å². The Hall–Kier alpha value is -3.05. The van der Waals surface area contributed by atoms with Gasteiger partial charge in [-0.2, -0.15) is 0 Å². The highest BCUT2D eigenvalue weighted by Gasteiger charge is 2.40. The van der Waals surface area contributed by atoms with E-state index in [1.165, 1.54) is 37.2 Å². The van der Waals surface area contributed by atoms with E-state index in [-0.39, 0.29) is 27.7 Å². The zero-order valence-corrected chi connectivity index (χ0v) is 18.1. The Balaban J connectivity index is 1.61. The number of halogens is 2. The van der Waals surface area contributed by atoms with E-state index in [4.69, 9.17) is 8.83 Å². The van der Waals surface area contributed by atoms with Crippen LogP contribution in [0.1, 0.15) is 53.6 Å². The Kier molecular flexibility index (Phi) is 4.48. The van der Waals surface area contributed by atoms with Gasteiger partial charge in [-0.25, -0.2) is 19.3 Å². The lowest BCUT2D eigenvalue weighted by Gasteiger charge is -2.32. The van der Waals surface area contributed by atoms with Crippen LogP contribution in [0.5, 0.6) is 0 Å². The predicted molar refractivity (Wildman–Crippen MR) is 109 cm³/mol. The molecule has 9 nitrogen and oxygen atoms in total. The van der Waals surface area contributed by atoms with Crippen LogP contribution in [-0.2, 0) is 12.0 Å². The lowest BCUT2D eigenvalue weighted by atomic mass is 10.0. The lowest BCUT2D eigenvalue weighted by Crippen LogP contribution is -2.41. The quantitative estimate of drug-likeness (QED) is 0.451. The highest BCUT2D eigenvalue weighted by molar-refractivity contribution is 9.10. The van der Waals surface area contributed by atoms with Crippen LogP contribution in [0, 0.1) is 5.82 Å². The van der Waals surface area contributed by atoms with E-state index in [0.29, 0.717) is 24.2 Å². The number of fused-ring (bicyclic) bond motifs is 2. The normalized spacial score (nSPS) is 16.7. The summed E-state index contributed by atoms with van der Waals surface area (Å²) in [7, 11) is 0. The van der Waals surface area contributed by atoms with Gasteiger partial charge in [-0.3, -0.25) is 4.79 Å². The molecule has 4 heterocycles. The number of imidazole rings is 1. The van der Waals surface area contributed by atoms with E-state index in [9.17, 15) is 14.3 Å². The van der Waals surface area contributed by atoms with Crippen molar-refractivity contribution in [2.75, 3.05) is 6.54 Å². The van der Waals surface area contributed by atoms with Gasteiger partial charge in [0.15, 0.2) is 22.0 Å². The van der Waals surface area contributed by atoms with E-state index in [1.54, 1.807) is 6.07 Å². The van der Waals surface area contributed by atoms with E-state index in [0.717, 1.165) is 5.69 Å². The summed E-state index contributed by atoms with van der Waals surface area (Å²) < 4.78 is 25.7. The number of carbonyl (C=O) groups is 1. The summed E-state index contributed by atoms with van der Waals surface area (Å²) in [6, 6.07) is 3.66. The number of rotatable bonds is 3. The number of carbonyl (C=O) groups excluding carboxylic acids is 1. The van der Waals surface area contributed by atoms with Crippen molar-refractivity contribution in [2.45, 2.75) is 31.9 Å². The number of amides is 1. The van der Waals surface area contributed by atoms with E-state index >= 15 is 0 Å². The molecule has 0 spiro atoms. The number of nitrogens with zero attached hydrogens (tertiary/aromatic N) is 4. The van der Waals surface area contributed by atoms with Gasteiger partial charge in [-0.15, -0.1) is 0 Å². The molecule has 11 heteroatoms. The topological polar surface area (TPSA) is 121 Å². The molecular formula is C20H17BrFN5O4. The van der Waals surface area contributed by atoms with Crippen LogP contribution < -0.4 is 0 Å². The van der Waals surface area contributed by atoms with Crippen LogP contribution in [-0.4, -0.2) is 42.4 Å². The van der Waals surface area contributed by atoms with Gasteiger partial charge in [0, 0.05) is 18.7 Å². The number of nitrogens with one attached hydrogen (secondary N) is 1. The second kappa shape index (κ2) is 6.99. The van der Waals surface area contributed by atoms with Gasteiger partial charge < -0.3 is 23.8 Å². The molecule has 0 bridgehead atoms. The molecule has 31 heavy (non-hydrogen) atoms. The summed E-state index contributed by atoms with van der Waals surface area (Å²) in [5.41, 5.74) is 0.388. The van der Waals surface area contributed by atoms with Gasteiger partial charge >= 0.3 is 0 Å². The highest BCUT2D eigenvalue weighted by Crippen LogP contribution is 2.37. The SMILES string of the molecule is CC(C)(O)c1nc(Br)c(C(=O)N2CCc3[nH]cnc3[C@H]2c2nc3cccc(F)c3o2)o1. The molecule has 0 aliphatic carbocycles. The fourth-order valence-corrected chi connectivity index (χ4v) is 4.03. The summed E-state index contributed by atoms with van der Waals surface area (Å²) in [5.74, 6) is -0.958. The Morgan fingerprint density at radius 3 is 2.87 bits per heavy atom. The van der Waals surface area contributed by atoms with Gasteiger partial charge in [0.1, 0.15) is 11.1 Å². The van der Waals surface area contributed by atoms with Crippen molar-refractivity contribution in [3.63, 3.8) is 0 Å². The molecule has 1 atom stereocenters. The smallest absolute Gasteiger partial charge is 0.293 e. The molecule has 1 aliphatic heterocycles. The number of oxazole rings is 2. The lowest BCUT2D eigenvalue weighted by molar-refractivity contribution is 0.0436. The third-order valence-corrected chi connectivity index (χ3v) is 5.64. The van der Waals surface area contributed by atoms with Gasteiger partial charge in [0.05, 0.1) is 12.0 Å². The van der Waals surface area contributed by atoms with Gasteiger partial charge in [0.2, 0.25) is 17.5 Å². The number of aromatic nitrogens is 4. The number of aliphatic hydroxyl groups is 1. The maximum Gasteiger partial charge on any atom is 0.293 e. The number of H-pyrrole nitrogens is 1. The van der Waals surface area contributed by atoms with Crippen molar-refractivity contribution in [3.05, 3.63) is 63.9 Å². The van der Waals surface area contributed by atoms with Crippen molar-refractivity contribution in [1.82, 2.24) is 24.8 Å². The molecular weight excluding hydrogens is 473 g/mol. The van der Waals surface area contributed by atoms with Gasteiger partial charge in [-0.1, -0.05) is 6.07 Å². The molecule has 2 N–H and O–H groups in total. The summed E-state index contributed by atoms with van der Waals surface area (Å²) in [4.78, 5) is 30.9. The fraction of sp³-hybridized carbons (Fsp3) is 0.300. The fourth-order valence-electron chi connectivity index (χ4n) is 3.62. The zero-order valence-electron chi connectivity index (χ0n) is 16.5. The average molecular weight is 490 g/mol. The number of hydrogen-bond donors (Lipinski definition) is 2. The third-order valence-electron chi connectivity index (χ3n) is 5.11. The van der Waals surface area contributed by atoms with Crippen LogP contribution in [0.3, 0.4) is 0 Å². The maximum absolute atomic E-state index is 14.2. The minimum Gasteiger partial charge on any atom is -0.435 e. The molecule has 0 saturated heterocycles. The van der Waals surface area contributed by atoms with Gasteiger partial charge in [-0.05, 0) is 41.9 Å². The third kappa shape index (κ3) is 3.24. The Labute approximate surface area is 183 Å². The minimum atomic E-state index is -1.37. The molecule has 1 aliphatic rings. The predicted octanol–water partition coefficient (Wildman–Crippen LogP) is 3.46. The first-order valence-corrected chi connectivity index (χ1v) is 10.3. The second-order valence-corrected chi connectivity index (χ2v) is 8.51. The Morgan fingerprint density at radius 1 is 1.35 bits per heavy atom. The average Bonchev–Trinajstić information content (AvgIpc) is 3.44. The zero-order chi connectivity index (χ0) is 21.9. The molecule has 0 radical (unpaired) electrons. The van der Waals surface area contributed by atoms with Crippen LogP contribution >= 0.6 is 15.9 Å². The number of hydrogen-bond acceptors (Lipinski definition) is 7. The van der Waals surface area contributed by atoms with E-state index in [1.807, 2.05) is 0 Å². The summed E-state index contributed by atoms with van der Waals surface area (Å²) in [5, 5.41) is 10.2. The molecule has 160 valence electrons. The molecule has 1 aromatic carbocycles. The molecule has 5 rings (SSSR count). The first-order chi connectivity index (χ1) is 14.7. The number of aromatic amines is 1. The molecule has 0 saturated carbocycles. The van der Waals surface area contributed by atoms with Crippen LogP contribution in [0.15, 0.2) is 38.0 Å². The molecule has 1 amide bonds. The van der Waals surface area contributed by atoms with E-state index in [2.05, 4.69) is 35.9 Å². The van der Waals surface area contributed by atoms with Crippen LogP contribution in [0.25, 0.3) is 11.1 Å². The summed E-state index contributed by atoms with van der Waals surface area (Å²) in [6.07, 6.45) is 2.06. The van der Waals surface area contributed by atoms with Crippen molar-refractivity contribution in [1.29, 1.82) is 0 Å². The summed E-state index contributed by atoms with van der Waals surface area (Å²) in [6.45, 7) is 3.32. The van der Waals surface area contributed by atoms with Crippen molar-refractivity contribution in [2.24, 2.45) is 0 Å². The maximum atomic E-state index is 14.2. The van der Waals surface area contributed by atoms with Crippen LogP contribution in [0.4, 0.5) is 4.39 Å². The summed E-state index contributed by atoms with van der Waals surface area (Å²) >= 11 is 3.24. The minimum absolute atomic E-state index is 0.000626.